The Hall–Kier alpha value is -0.0800. The van der Waals surface area contributed by atoms with E-state index in [9.17, 15) is 0 Å². The lowest BCUT2D eigenvalue weighted by Crippen LogP contribution is -2.48. The molecule has 1 atom stereocenters. The molecule has 2 nitrogen and oxygen atoms in total. The summed E-state index contributed by atoms with van der Waals surface area (Å²) in [5, 5.41) is 3.44. The Morgan fingerprint density at radius 3 is 2.73 bits per heavy atom. The van der Waals surface area contributed by atoms with Crippen molar-refractivity contribution >= 4 is 0 Å². The molecule has 1 saturated carbocycles. The standard InChI is InChI=1S/C9H17NO/c1-7(2)8-5-10-6-9(11-8)3-4-9/h7-8,10H,3-6H2,1-2H3. The van der Waals surface area contributed by atoms with Gasteiger partial charge in [-0.25, -0.2) is 0 Å². The van der Waals surface area contributed by atoms with Gasteiger partial charge in [0, 0.05) is 13.1 Å². The minimum absolute atomic E-state index is 0.271. The molecule has 1 spiro atoms. The minimum Gasteiger partial charge on any atom is -0.369 e. The van der Waals surface area contributed by atoms with E-state index in [1.807, 2.05) is 0 Å². The van der Waals surface area contributed by atoms with Crippen LogP contribution >= 0.6 is 0 Å². The predicted octanol–water partition coefficient (Wildman–Crippen LogP) is 1.16. The summed E-state index contributed by atoms with van der Waals surface area (Å²) in [7, 11) is 0. The molecule has 0 aromatic heterocycles. The number of nitrogens with one attached hydrogen (secondary N) is 1. The van der Waals surface area contributed by atoms with Crippen molar-refractivity contribution in [3.8, 4) is 0 Å². The third-order valence-electron chi connectivity index (χ3n) is 2.75. The first-order valence-electron chi connectivity index (χ1n) is 4.60. The summed E-state index contributed by atoms with van der Waals surface area (Å²) in [4.78, 5) is 0. The van der Waals surface area contributed by atoms with Crippen molar-refractivity contribution in [2.45, 2.75) is 38.4 Å². The highest BCUT2D eigenvalue weighted by Crippen LogP contribution is 2.42. The van der Waals surface area contributed by atoms with Crippen molar-refractivity contribution in [2.24, 2.45) is 5.92 Å². The maximum absolute atomic E-state index is 5.98. The lowest BCUT2D eigenvalue weighted by Gasteiger charge is -2.33. The van der Waals surface area contributed by atoms with Gasteiger partial charge in [0.05, 0.1) is 11.7 Å². The van der Waals surface area contributed by atoms with E-state index >= 15 is 0 Å². The van der Waals surface area contributed by atoms with Gasteiger partial charge in [-0.05, 0) is 18.8 Å². The Balaban J connectivity index is 1.93. The van der Waals surface area contributed by atoms with E-state index in [0.29, 0.717) is 12.0 Å². The first kappa shape index (κ1) is 7.56. The van der Waals surface area contributed by atoms with Gasteiger partial charge in [0.25, 0.3) is 0 Å². The summed E-state index contributed by atoms with van der Waals surface area (Å²) in [5.74, 6) is 0.653. The molecule has 11 heavy (non-hydrogen) atoms. The van der Waals surface area contributed by atoms with Crippen LogP contribution in [0.2, 0.25) is 0 Å². The van der Waals surface area contributed by atoms with Gasteiger partial charge in [0.1, 0.15) is 0 Å². The molecule has 0 aromatic rings. The van der Waals surface area contributed by atoms with E-state index in [1.165, 1.54) is 12.8 Å². The van der Waals surface area contributed by atoms with Crippen LogP contribution in [-0.4, -0.2) is 24.8 Å². The lowest BCUT2D eigenvalue weighted by atomic mass is 10.1. The molecule has 0 amide bonds. The van der Waals surface area contributed by atoms with Crippen LogP contribution in [0.4, 0.5) is 0 Å². The fraction of sp³-hybridized carbons (Fsp3) is 1.00. The number of ether oxygens (including phenoxy) is 1. The fourth-order valence-corrected chi connectivity index (χ4v) is 1.65. The molecule has 2 rings (SSSR count). The molecule has 1 unspecified atom stereocenters. The van der Waals surface area contributed by atoms with Crippen LogP contribution < -0.4 is 5.32 Å². The van der Waals surface area contributed by atoms with Crippen LogP contribution in [0, 0.1) is 5.92 Å². The van der Waals surface area contributed by atoms with Gasteiger partial charge in [-0.15, -0.1) is 0 Å². The summed E-state index contributed by atoms with van der Waals surface area (Å²) >= 11 is 0. The molecular formula is C9H17NO. The highest BCUT2D eigenvalue weighted by molar-refractivity contribution is 5.01. The summed E-state index contributed by atoms with van der Waals surface area (Å²) < 4.78 is 5.98. The largest absolute Gasteiger partial charge is 0.369 e. The highest BCUT2D eigenvalue weighted by Gasteiger charge is 2.47. The molecule has 0 aromatic carbocycles. The van der Waals surface area contributed by atoms with E-state index < -0.39 is 0 Å². The first-order valence-corrected chi connectivity index (χ1v) is 4.60. The lowest BCUT2D eigenvalue weighted by molar-refractivity contribution is -0.0746. The van der Waals surface area contributed by atoms with E-state index in [-0.39, 0.29) is 5.60 Å². The number of morpholine rings is 1. The van der Waals surface area contributed by atoms with Crippen LogP contribution in [-0.2, 0) is 4.74 Å². The van der Waals surface area contributed by atoms with Gasteiger partial charge in [0.15, 0.2) is 0 Å². The third-order valence-corrected chi connectivity index (χ3v) is 2.75. The second-order valence-corrected chi connectivity index (χ2v) is 4.21. The van der Waals surface area contributed by atoms with E-state index in [4.69, 9.17) is 4.74 Å². The van der Waals surface area contributed by atoms with E-state index in [0.717, 1.165) is 13.1 Å². The van der Waals surface area contributed by atoms with Crippen molar-refractivity contribution in [1.82, 2.24) is 5.32 Å². The Bertz CT molecular complexity index is 152. The quantitative estimate of drug-likeness (QED) is 0.613. The zero-order valence-corrected chi connectivity index (χ0v) is 7.39. The van der Waals surface area contributed by atoms with Gasteiger partial charge in [-0.1, -0.05) is 13.8 Å². The molecule has 0 bridgehead atoms. The Morgan fingerprint density at radius 2 is 2.18 bits per heavy atom. The Labute approximate surface area is 68.3 Å². The maximum atomic E-state index is 5.98. The average molecular weight is 155 g/mol. The Kier molecular flexibility index (Phi) is 1.69. The number of hydrogen-bond donors (Lipinski definition) is 1. The molecule has 1 aliphatic heterocycles. The van der Waals surface area contributed by atoms with Crippen LogP contribution in [0.25, 0.3) is 0 Å². The fourth-order valence-electron chi connectivity index (χ4n) is 1.65. The SMILES string of the molecule is CC(C)C1CNCC2(CC2)O1. The minimum atomic E-state index is 0.271. The second kappa shape index (κ2) is 2.46. The molecule has 1 saturated heterocycles. The molecule has 2 heteroatoms. The number of hydrogen-bond acceptors (Lipinski definition) is 2. The van der Waals surface area contributed by atoms with Crippen LogP contribution in [0.1, 0.15) is 26.7 Å². The molecule has 1 N–H and O–H groups in total. The highest BCUT2D eigenvalue weighted by atomic mass is 16.5. The topological polar surface area (TPSA) is 21.3 Å². The van der Waals surface area contributed by atoms with Crippen LogP contribution in [0.5, 0.6) is 0 Å². The third kappa shape index (κ3) is 1.42. The van der Waals surface area contributed by atoms with E-state index in [1.54, 1.807) is 0 Å². The van der Waals surface area contributed by atoms with E-state index in [2.05, 4.69) is 19.2 Å². The van der Waals surface area contributed by atoms with Crippen molar-refractivity contribution in [3.05, 3.63) is 0 Å². The van der Waals surface area contributed by atoms with Gasteiger partial charge < -0.3 is 10.1 Å². The number of rotatable bonds is 1. The molecule has 1 aliphatic carbocycles. The average Bonchev–Trinajstić information content (AvgIpc) is 2.69. The van der Waals surface area contributed by atoms with Crippen LogP contribution in [0.15, 0.2) is 0 Å². The zero-order chi connectivity index (χ0) is 7.90. The van der Waals surface area contributed by atoms with Gasteiger partial charge in [-0.3, -0.25) is 0 Å². The summed E-state index contributed by atoms with van der Waals surface area (Å²) in [6.45, 7) is 6.58. The van der Waals surface area contributed by atoms with Crippen LogP contribution in [0.3, 0.4) is 0 Å². The zero-order valence-electron chi connectivity index (χ0n) is 7.39. The van der Waals surface area contributed by atoms with Crippen molar-refractivity contribution in [1.29, 1.82) is 0 Å². The predicted molar refractivity (Wildman–Crippen MR) is 44.5 cm³/mol. The normalized spacial score (nSPS) is 34.6. The summed E-state index contributed by atoms with van der Waals surface area (Å²) in [6, 6.07) is 0. The molecule has 0 radical (unpaired) electrons. The van der Waals surface area contributed by atoms with Crippen molar-refractivity contribution in [3.63, 3.8) is 0 Å². The smallest absolute Gasteiger partial charge is 0.0813 e. The summed E-state index contributed by atoms with van der Waals surface area (Å²) in [6.07, 6.45) is 2.98. The molecule has 2 fully saturated rings. The van der Waals surface area contributed by atoms with Gasteiger partial charge in [0.2, 0.25) is 0 Å². The van der Waals surface area contributed by atoms with Crippen molar-refractivity contribution < 1.29 is 4.74 Å². The van der Waals surface area contributed by atoms with Gasteiger partial charge >= 0.3 is 0 Å². The summed E-state index contributed by atoms with van der Waals surface area (Å²) in [5.41, 5.74) is 0.271. The first-order chi connectivity index (χ1) is 5.22. The molecular weight excluding hydrogens is 138 g/mol. The van der Waals surface area contributed by atoms with Crippen molar-refractivity contribution in [2.75, 3.05) is 13.1 Å². The molecule has 1 heterocycles. The molecule has 2 aliphatic rings. The second-order valence-electron chi connectivity index (χ2n) is 4.21. The molecule has 64 valence electrons. The van der Waals surface area contributed by atoms with Gasteiger partial charge in [-0.2, -0.15) is 0 Å². The monoisotopic (exact) mass is 155 g/mol. The maximum Gasteiger partial charge on any atom is 0.0813 e. The Morgan fingerprint density at radius 1 is 1.45 bits per heavy atom.